The summed E-state index contributed by atoms with van der Waals surface area (Å²) < 4.78 is 6.60. The number of fused-ring (bicyclic) bond motifs is 2. The number of hydrogen-bond donors (Lipinski definition) is 1. The van der Waals surface area contributed by atoms with E-state index in [2.05, 4.69) is 15.4 Å². The van der Waals surface area contributed by atoms with Crippen LogP contribution in [0, 0.1) is 0 Å². The summed E-state index contributed by atoms with van der Waals surface area (Å²) in [4.78, 5) is 17.5. The fourth-order valence-electron chi connectivity index (χ4n) is 2.40. The summed E-state index contributed by atoms with van der Waals surface area (Å²) >= 11 is 7.31. The van der Waals surface area contributed by atoms with Crippen LogP contribution in [-0.2, 0) is 0 Å². The van der Waals surface area contributed by atoms with Gasteiger partial charge in [0.05, 0.1) is 23.7 Å². The molecule has 0 atom stereocenters. The molecule has 0 aliphatic rings. The largest absolute Gasteiger partial charge is 0.495 e. The number of nitrogens with one attached hydrogen (secondary N) is 1. The van der Waals surface area contributed by atoms with Gasteiger partial charge in [-0.05, 0) is 30.3 Å². The average Bonchev–Trinajstić information content (AvgIpc) is 2.98. The topological polar surface area (TPSA) is 68.5 Å². The molecule has 1 N–H and O–H groups in total. The lowest BCUT2D eigenvalue weighted by Gasteiger charge is -2.08. The van der Waals surface area contributed by atoms with E-state index in [1.165, 1.54) is 15.9 Å². The first kappa shape index (κ1) is 14.9. The Hall–Kier alpha value is -2.64. The van der Waals surface area contributed by atoms with Gasteiger partial charge in [0.2, 0.25) is 10.1 Å². The van der Waals surface area contributed by atoms with Crippen LogP contribution >= 0.6 is 22.9 Å². The fourth-order valence-corrected chi connectivity index (χ4v) is 3.38. The molecular formula is C16H11ClN4O2S. The number of hydrogen-bond acceptors (Lipinski definition) is 6. The molecule has 0 fully saturated rings. The third-order valence-corrected chi connectivity index (χ3v) is 4.56. The standard InChI is InChI=1S/C16H11ClN4O2S/c1-23-13-7-6-9(17)8-12(13)18-15-20-21-14(22)10-4-2-3-5-11(10)19-16(21)24-15/h2-8H,1H3,(H,18,20). The molecule has 0 aliphatic heterocycles. The minimum absolute atomic E-state index is 0.196. The summed E-state index contributed by atoms with van der Waals surface area (Å²) in [6.45, 7) is 0. The number of para-hydroxylation sites is 1. The Morgan fingerprint density at radius 1 is 1.25 bits per heavy atom. The van der Waals surface area contributed by atoms with Gasteiger partial charge in [0, 0.05) is 5.02 Å². The number of nitrogens with zero attached hydrogens (tertiary/aromatic N) is 3. The van der Waals surface area contributed by atoms with Crippen LogP contribution in [0.1, 0.15) is 0 Å². The highest BCUT2D eigenvalue weighted by Crippen LogP contribution is 2.31. The molecule has 8 heteroatoms. The highest BCUT2D eigenvalue weighted by atomic mass is 35.5. The maximum atomic E-state index is 12.5. The Balaban J connectivity index is 1.84. The lowest BCUT2D eigenvalue weighted by atomic mass is 10.2. The van der Waals surface area contributed by atoms with Gasteiger partial charge in [-0.15, -0.1) is 5.10 Å². The van der Waals surface area contributed by atoms with E-state index in [1.807, 2.05) is 12.1 Å². The molecule has 2 aromatic heterocycles. The first-order valence-corrected chi connectivity index (χ1v) is 8.24. The number of ether oxygens (including phenoxy) is 1. The zero-order valence-electron chi connectivity index (χ0n) is 12.5. The Bertz CT molecular complexity index is 1120. The van der Waals surface area contributed by atoms with Crippen LogP contribution < -0.4 is 15.6 Å². The SMILES string of the molecule is COc1ccc(Cl)cc1Nc1nn2c(=O)c3ccccc3nc2s1. The van der Waals surface area contributed by atoms with Crippen LogP contribution in [0.5, 0.6) is 5.75 Å². The molecule has 0 bridgehead atoms. The normalized spacial score (nSPS) is 11.1. The zero-order valence-corrected chi connectivity index (χ0v) is 14.1. The quantitative estimate of drug-likeness (QED) is 0.604. The number of methoxy groups -OCH3 is 1. The molecular weight excluding hydrogens is 348 g/mol. The first-order chi connectivity index (χ1) is 11.7. The van der Waals surface area contributed by atoms with Crippen LogP contribution in [0.15, 0.2) is 47.3 Å². The monoisotopic (exact) mass is 358 g/mol. The highest BCUT2D eigenvalue weighted by Gasteiger charge is 2.12. The van der Waals surface area contributed by atoms with Crippen molar-refractivity contribution in [2.45, 2.75) is 0 Å². The van der Waals surface area contributed by atoms with Gasteiger partial charge in [0.1, 0.15) is 5.75 Å². The Labute approximate surface area is 145 Å². The maximum absolute atomic E-state index is 12.5. The summed E-state index contributed by atoms with van der Waals surface area (Å²) in [6, 6.07) is 12.4. The van der Waals surface area contributed by atoms with Crippen molar-refractivity contribution in [2.24, 2.45) is 0 Å². The van der Waals surface area contributed by atoms with Crippen molar-refractivity contribution in [3.8, 4) is 5.75 Å². The molecule has 0 spiro atoms. The maximum Gasteiger partial charge on any atom is 0.283 e. The smallest absolute Gasteiger partial charge is 0.283 e. The van der Waals surface area contributed by atoms with Gasteiger partial charge in [-0.25, -0.2) is 4.98 Å². The van der Waals surface area contributed by atoms with Crippen LogP contribution in [0.3, 0.4) is 0 Å². The number of anilines is 2. The second-order valence-electron chi connectivity index (χ2n) is 5.01. The highest BCUT2D eigenvalue weighted by molar-refractivity contribution is 7.20. The van der Waals surface area contributed by atoms with Crippen LogP contribution in [0.4, 0.5) is 10.8 Å². The fraction of sp³-hybridized carbons (Fsp3) is 0.0625. The van der Waals surface area contributed by atoms with E-state index in [4.69, 9.17) is 16.3 Å². The van der Waals surface area contributed by atoms with E-state index < -0.39 is 0 Å². The molecule has 24 heavy (non-hydrogen) atoms. The van der Waals surface area contributed by atoms with Crippen molar-refractivity contribution in [3.05, 3.63) is 57.8 Å². The molecule has 2 heterocycles. The van der Waals surface area contributed by atoms with Gasteiger partial charge in [0.15, 0.2) is 0 Å². The van der Waals surface area contributed by atoms with Crippen LogP contribution in [0.25, 0.3) is 15.9 Å². The number of benzene rings is 2. The minimum Gasteiger partial charge on any atom is -0.495 e. The Morgan fingerprint density at radius 2 is 2.08 bits per heavy atom. The molecule has 4 aromatic rings. The third kappa shape index (κ3) is 2.47. The third-order valence-electron chi connectivity index (χ3n) is 3.51. The van der Waals surface area contributed by atoms with Crippen molar-refractivity contribution in [2.75, 3.05) is 12.4 Å². The molecule has 2 aromatic carbocycles. The summed E-state index contributed by atoms with van der Waals surface area (Å²) in [5, 5.41) is 9.07. The van der Waals surface area contributed by atoms with E-state index in [0.717, 1.165) is 0 Å². The van der Waals surface area contributed by atoms with E-state index in [1.54, 1.807) is 37.4 Å². The van der Waals surface area contributed by atoms with Crippen molar-refractivity contribution in [1.82, 2.24) is 14.6 Å². The van der Waals surface area contributed by atoms with Crippen molar-refractivity contribution >= 4 is 49.6 Å². The van der Waals surface area contributed by atoms with Gasteiger partial charge < -0.3 is 10.1 Å². The minimum atomic E-state index is -0.196. The van der Waals surface area contributed by atoms with Crippen LogP contribution in [-0.4, -0.2) is 21.7 Å². The van der Waals surface area contributed by atoms with Gasteiger partial charge in [-0.3, -0.25) is 4.79 Å². The molecule has 0 amide bonds. The number of aromatic nitrogens is 3. The Morgan fingerprint density at radius 3 is 2.92 bits per heavy atom. The zero-order chi connectivity index (χ0) is 16.7. The van der Waals surface area contributed by atoms with Gasteiger partial charge >= 0.3 is 0 Å². The molecule has 120 valence electrons. The molecule has 4 rings (SSSR count). The van der Waals surface area contributed by atoms with Crippen molar-refractivity contribution in [1.29, 1.82) is 0 Å². The average molecular weight is 359 g/mol. The Kier molecular flexibility index (Phi) is 3.59. The van der Waals surface area contributed by atoms with Gasteiger partial charge in [-0.1, -0.05) is 35.1 Å². The summed E-state index contributed by atoms with van der Waals surface area (Å²) in [5.41, 5.74) is 1.12. The van der Waals surface area contributed by atoms with Gasteiger partial charge in [-0.2, -0.15) is 4.52 Å². The summed E-state index contributed by atoms with van der Waals surface area (Å²) in [7, 11) is 1.57. The number of halogens is 1. The molecule has 0 saturated heterocycles. The molecule has 0 saturated carbocycles. The predicted molar refractivity (Wildman–Crippen MR) is 95.9 cm³/mol. The predicted octanol–water partition coefficient (Wildman–Crippen LogP) is 3.71. The second kappa shape index (κ2) is 5.77. The van der Waals surface area contributed by atoms with Gasteiger partial charge in [0.25, 0.3) is 5.56 Å². The second-order valence-corrected chi connectivity index (χ2v) is 6.40. The van der Waals surface area contributed by atoms with E-state index >= 15 is 0 Å². The molecule has 0 radical (unpaired) electrons. The van der Waals surface area contributed by atoms with Crippen molar-refractivity contribution in [3.63, 3.8) is 0 Å². The summed E-state index contributed by atoms with van der Waals surface area (Å²) in [6.07, 6.45) is 0. The summed E-state index contributed by atoms with van der Waals surface area (Å²) in [5.74, 6) is 0.629. The number of rotatable bonds is 3. The molecule has 0 unspecified atom stereocenters. The first-order valence-electron chi connectivity index (χ1n) is 7.05. The lowest BCUT2D eigenvalue weighted by Crippen LogP contribution is -2.15. The molecule has 6 nitrogen and oxygen atoms in total. The van der Waals surface area contributed by atoms with E-state index in [-0.39, 0.29) is 5.56 Å². The van der Waals surface area contributed by atoms with Crippen LogP contribution in [0.2, 0.25) is 5.02 Å². The van der Waals surface area contributed by atoms with Crippen molar-refractivity contribution < 1.29 is 4.74 Å². The molecule has 0 aliphatic carbocycles. The van der Waals surface area contributed by atoms with E-state index in [9.17, 15) is 4.79 Å². The lowest BCUT2D eigenvalue weighted by molar-refractivity contribution is 0.417. The van der Waals surface area contributed by atoms with E-state index in [0.29, 0.717) is 37.5 Å².